The molecule has 0 aliphatic heterocycles. The number of hydrogen-bond acceptors (Lipinski definition) is 2. The van der Waals surface area contributed by atoms with Crippen LogP contribution in [0.2, 0.25) is 0 Å². The lowest BCUT2D eigenvalue weighted by molar-refractivity contribution is -0.272. The molecule has 0 unspecified atom stereocenters. The fourth-order valence-electron chi connectivity index (χ4n) is 0.167. The zero-order chi connectivity index (χ0) is 6.57. The van der Waals surface area contributed by atoms with Gasteiger partial charge < -0.3 is 0 Å². The molecular weight excluding hydrogens is 104 g/mol. The largest absolute Gasteiger partial charge is 0.227 e. The molecule has 0 saturated carbocycles. The van der Waals surface area contributed by atoms with Crippen molar-refractivity contribution < 1.29 is 9.78 Å². The van der Waals surface area contributed by atoms with Gasteiger partial charge in [-0.1, -0.05) is 0 Å². The maximum atomic E-state index is 4.68. The molecule has 0 bridgehead atoms. The summed E-state index contributed by atoms with van der Waals surface area (Å²) in [4.78, 5) is 9.37. The van der Waals surface area contributed by atoms with Crippen LogP contribution in [0.25, 0.3) is 0 Å². The summed E-state index contributed by atoms with van der Waals surface area (Å²) in [6.45, 7) is 7.34. The number of rotatable bonds is 3. The summed E-state index contributed by atoms with van der Waals surface area (Å²) in [6.07, 6.45) is 1.62. The highest BCUT2D eigenvalue weighted by Gasteiger charge is 1.97. The molecule has 0 amide bonds. The first-order chi connectivity index (χ1) is 3.63. The summed E-state index contributed by atoms with van der Waals surface area (Å²) in [7, 11) is 0. The van der Waals surface area contributed by atoms with E-state index in [4.69, 9.17) is 0 Å². The summed E-state index contributed by atoms with van der Waals surface area (Å²) >= 11 is 0. The molecule has 0 aromatic carbocycles. The first-order valence-electron chi connectivity index (χ1n) is 2.57. The van der Waals surface area contributed by atoms with Gasteiger partial charge in [-0.05, 0) is 27.7 Å². The molecule has 0 saturated heterocycles. The van der Waals surface area contributed by atoms with E-state index in [9.17, 15) is 0 Å². The first-order valence-corrected chi connectivity index (χ1v) is 2.57. The Morgan fingerprint density at radius 1 is 0.750 bits per heavy atom. The molecule has 0 fully saturated rings. The van der Waals surface area contributed by atoms with Gasteiger partial charge in [-0.3, -0.25) is 0 Å². The van der Waals surface area contributed by atoms with Gasteiger partial charge in [-0.25, -0.2) is 9.78 Å². The van der Waals surface area contributed by atoms with E-state index in [2.05, 4.69) is 9.78 Å². The summed E-state index contributed by atoms with van der Waals surface area (Å²) in [5.41, 5.74) is 0. The van der Waals surface area contributed by atoms with Crippen molar-refractivity contribution in [3.63, 3.8) is 0 Å². The van der Waals surface area contributed by atoms with Crippen LogP contribution in [0, 0.1) is 12.2 Å². The van der Waals surface area contributed by atoms with Crippen LogP contribution in [0.4, 0.5) is 0 Å². The Labute approximate surface area is 50.7 Å². The lowest BCUT2D eigenvalue weighted by Crippen LogP contribution is -1.97. The summed E-state index contributed by atoms with van der Waals surface area (Å²) < 4.78 is 0. The second-order valence-electron chi connectivity index (χ2n) is 1.98. The zero-order valence-corrected chi connectivity index (χ0v) is 5.82. The molecule has 0 atom stereocenters. The minimum atomic E-state index is 0.811. The Bertz CT molecular complexity index is 42.5. The third-order valence-corrected chi connectivity index (χ3v) is 0.375. The van der Waals surface area contributed by atoms with Gasteiger partial charge in [0.2, 0.25) is 0 Å². The average molecular weight is 116 g/mol. The van der Waals surface area contributed by atoms with Crippen molar-refractivity contribution >= 4 is 0 Å². The van der Waals surface area contributed by atoms with E-state index in [1.165, 1.54) is 0 Å². The lowest BCUT2D eigenvalue weighted by Gasteiger charge is -2.06. The van der Waals surface area contributed by atoms with Crippen molar-refractivity contribution in [3.8, 4) is 0 Å². The molecule has 0 aromatic rings. The number of hydrogen-bond donors (Lipinski definition) is 0. The molecule has 0 rings (SSSR count). The summed E-state index contributed by atoms with van der Waals surface area (Å²) in [5, 5.41) is 0. The highest BCUT2D eigenvalue weighted by molar-refractivity contribution is 4.60. The Morgan fingerprint density at radius 2 is 1.00 bits per heavy atom. The second kappa shape index (κ2) is 3.87. The van der Waals surface area contributed by atoms with Gasteiger partial charge in [0.25, 0.3) is 0 Å². The molecule has 48 valence electrons. The van der Waals surface area contributed by atoms with Crippen molar-refractivity contribution in [1.82, 2.24) is 0 Å². The third-order valence-electron chi connectivity index (χ3n) is 0.375. The minimum Gasteiger partial charge on any atom is -0.227 e. The molecule has 0 aromatic heterocycles. The SMILES string of the molecule is C[C](C)OO[C](C)C. The van der Waals surface area contributed by atoms with E-state index < -0.39 is 0 Å². The fourth-order valence-corrected chi connectivity index (χ4v) is 0.167. The van der Waals surface area contributed by atoms with Gasteiger partial charge in [-0.15, -0.1) is 0 Å². The van der Waals surface area contributed by atoms with Crippen LogP contribution in [-0.2, 0) is 9.78 Å². The molecule has 0 N–H and O–H groups in total. The highest BCUT2D eigenvalue weighted by Crippen LogP contribution is 2.04. The molecule has 0 heterocycles. The molecule has 0 aliphatic rings. The van der Waals surface area contributed by atoms with Crippen molar-refractivity contribution in [2.45, 2.75) is 27.7 Å². The predicted molar refractivity (Wildman–Crippen MR) is 31.4 cm³/mol. The Balaban J connectivity index is 2.93. The van der Waals surface area contributed by atoms with E-state index in [1.54, 1.807) is 0 Å². The van der Waals surface area contributed by atoms with E-state index >= 15 is 0 Å². The summed E-state index contributed by atoms with van der Waals surface area (Å²) in [6, 6.07) is 0. The Kier molecular flexibility index (Phi) is 3.83. The standard InChI is InChI=1S/C6H12O2/c1-5(2)7-8-6(3)4/h1-4H3. The second-order valence-corrected chi connectivity index (χ2v) is 1.98. The van der Waals surface area contributed by atoms with Crippen LogP contribution in [-0.4, -0.2) is 0 Å². The third kappa shape index (κ3) is 5.92. The van der Waals surface area contributed by atoms with Crippen LogP contribution >= 0.6 is 0 Å². The zero-order valence-electron chi connectivity index (χ0n) is 5.82. The Morgan fingerprint density at radius 3 is 1.12 bits per heavy atom. The van der Waals surface area contributed by atoms with Gasteiger partial charge in [0.05, 0.1) is 0 Å². The van der Waals surface area contributed by atoms with Crippen molar-refractivity contribution in [1.29, 1.82) is 0 Å². The monoisotopic (exact) mass is 116 g/mol. The maximum Gasteiger partial charge on any atom is 0.129 e. The van der Waals surface area contributed by atoms with Crippen molar-refractivity contribution in [2.75, 3.05) is 0 Å². The minimum absolute atomic E-state index is 0.811. The van der Waals surface area contributed by atoms with E-state index in [-0.39, 0.29) is 0 Å². The maximum absolute atomic E-state index is 4.68. The van der Waals surface area contributed by atoms with Gasteiger partial charge in [-0.2, -0.15) is 0 Å². The van der Waals surface area contributed by atoms with Gasteiger partial charge in [0.1, 0.15) is 12.2 Å². The smallest absolute Gasteiger partial charge is 0.129 e. The normalized spacial score (nSPS) is 11.2. The molecule has 2 heteroatoms. The summed E-state index contributed by atoms with van der Waals surface area (Å²) in [5.74, 6) is 0. The highest BCUT2D eigenvalue weighted by atomic mass is 17.2. The molecule has 8 heavy (non-hydrogen) atoms. The van der Waals surface area contributed by atoms with Gasteiger partial charge in [0.15, 0.2) is 0 Å². The predicted octanol–water partition coefficient (Wildman–Crippen LogP) is 2.08. The van der Waals surface area contributed by atoms with Crippen molar-refractivity contribution in [3.05, 3.63) is 12.2 Å². The van der Waals surface area contributed by atoms with Gasteiger partial charge in [0, 0.05) is 0 Å². The molecule has 2 nitrogen and oxygen atoms in total. The van der Waals surface area contributed by atoms with E-state index in [1.807, 2.05) is 27.7 Å². The molecular formula is C6H12O2. The van der Waals surface area contributed by atoms with Crippen LogP contribution in [0.3, 0.4) is 0 Å². The first kappa shape index (κ1) is 7.92. The average Bonchev–Trinajstić information content (AvgIpc) is 1.61. The van der Waals surface area contributed by atoms with Crippen LogP contribution in [0.15, 0.2) is 0 Å². The van der Waals surface area contributed by atoms with Crippen LogP contribution in [0.1, 0.15) is 27.7 Å². The molecule has 0 aliphatic carbocycles. The van der Waals surface area contributed by atoms with Gasteiger partial charge >= 0.3 is 0 Å². The topological polar surface area (TPSA) is 18.5 Å². The molecule has 2 radical (unpaired) electrons. The van der Waals surface area contributed by atoms with E-state index in [0.29, 0.717) is 0 Å². The van der Waals surface area contributed by atoms with Crippen LogP contribution < -0.4 is 0 Å². The quantitative estimate of drug-likeness (QED) is 0.415. The molecule has 0 spiro atoms. The van der Waals surface area contributed by atoms with Crippen molar-refractivity contribution in [2.24, 2.45) is 0 Å². The fraction of sp³-hybridized carbons (Fsp3) is 0.667. The Hall–Kier alpha value is -0.0800. The van der Waals surface area contributed by atoms with E-state index in [0.717, 1.165) is 12.2 Å². The van der Waals surface area contributed by atoms with Crippen LogP contribution in [0.5, 0.6) is 0 Å². The lowest BCUT2D eigenvalue weighted by atomic mass is 10.5.